The number of hydrogen-bond donors (Lipinski definition) is 1. The molecule has 0 atom stereocenters. The number of rotatable bonds is 6. The molecule has 0 spiro atoms. The van der Waals surface area contributed by atoms with Gasteiger partial charge in [0.05, 0.1) is 13.2 Å². The first-order chi connectivity index (χ1) is 11.5. The molecule has 1 aromatic heterocycles. The van der Waals surface area contributed by atoms with Gasteiger partial charge in [-0.1, -0.05) is 0 Å². The van der Waals surface area contributed by atoms with Crippen LogP contribution in [0, 0.1) is 0 Å². The highest BCUT2D eigenvalue weighted by Crippen LogP contribution is 2.39. The van der Waals surface area contributed by atoms with Crippen molar-refractivity contribution in [1.29, 1.82) is 0 Å². The van der Waals surface area contributed by atoms with E-state index in [9.17, 15) is 9.59 Å². The average Bonchev–Trinajstić information content (AvgIpc) is 2.99. The number of nitrogens with zero attached hydrogens (tertiary/aromatic N) is 2. The molecule has 0 bridgehead atoms. The molecule has 0 aliphatic heterocycles. The lowest BCUT2D eigenvalue weighted by molar-refractivity contribution is -0.132. The van der Waals surface area contributed by atoms with E-state index >= 15 is 0 Å². The molecule has 2 aromatic rings. The summed E-state index contributed by atoms with van der Waals surface area (Å²) in [6.45, 7) is 5.41. The third-order valence-electron chi connectivity index (χ3n) is 2.86. The van der Waals surface area contributed by atoms with Crippen molar-refractivity contribution in [1.82, 2.24) is 15.4 Å². The molecule has 9 heteroatoms. The standard InChI is InChI=1S/C15H16BrN3O5/c1-4-22-11-6-9(10(16)7-12(11)24-8(3)20)13-14(18-19-17-13)15(21)23-5-2/h6-7H,4-5H2,1-3H3,(H,17,18,19). The minimum atomic E-state index is -0.588. The number of aromatic amines is 1. The highest BCUT2D eigenvalue weighted by atomic mass is 79.9. The van der Waals surface area contributed by atoms with Crippen LogP contribution >= 0.6 is 15.9 Å². The van der Waals surface area contributed by atoms with E-state index in [1.54, 1.807) is 26.0 Å². The lowest BCUT2D eigenvalue weighted by Gasteiger charge is -2.12. The number of esters is 2. The molecule has 0 unspecified atom stereocenters. The summed E-state index contributed by atoms with van der Waals surface area (Å²) >= 11 is 3.39. The topological polar surface area (TPSA) is 103 Å². The summed E-state index contributed by atoms with van der Waals surface area (Å²) in [7, 11) is 0. The molecule has 2 rings (SSSR count). The zero-order valence-corrected chi connectivity index (χ0v) is 15.0. The fourth-order valence-corrected chi connectivity index (χ4v) is 2.49. The van der Waals surface area contributed by atoms with Crippen molar-refractivity contribution in [2.45, 2.75) is 20.8 Å². The van der Waals surface area contributed by atoms with Gasteiger partial charge in [-0.15, -0.1) is 5.10 Å². The minimum Gasteiger partial charge on any atom is -0.490 e. The Balaban J connectivity index is 2.52. The fraction of sp³-hybridized carbons (Fsp3) is 0.333. The largest absolute Gasteiger partial charge is 0.490 e. The van der Waals surface area contributed by atoms with Gasteiger partial charge >= 0.3 is 11.9 Å². The van der Waals surface area contributed by atoms with Crippen LogP contribution in [-0.2, 0) is 9.53 Å². The van der Waals surface area contributed by atoms with Gasteiger partial charge in [0.1, 0.15) is 5.69 Å². The second-order valence-corrected chi connectivity index (χ2v) is 5.40. The monoisotopic (exact) mass is 397 g/mol. The zero-order chi connectivity index (χ0) is 17.7. The predicted octanol–water partition coefficient (Wildman–Crippen LogP) is 2.73. The van der Waals surface area contributed by atoms with E-state index in [1.165, 1.54) is 6.92 Å². The molecular weight excluding hydrogens is 382 g/mol. The number of hydrogen-bond acceptors (Lipinski definition) is 7. The molecule has 0 aliphatic rings. The van der Waals surface area contributed by atoms with Gasteiger partial charge in [-0.05, 0) is 41.9 Å². The second-order valence-electron chi connectivity index (χ2n) is 4.55. The summed E-state index contributed by atoms with van der Waals surface area (Å²) in [5, 5.41) is 10.3. The Morgan fingerprint density at radius 1 is 1.17 bits per heavy atom. The van der Waals surface area contributed by atoms with E-state index in [2.05, 4.69) is 31.3 Å². The molecule has 0 saturated heterocycles. The van der Waals surface area contributed by atoms with E-state index in [0.29, 0.717) is 28.1 Å². The SMILES string of the molecule is CCOC(=O)c1n[nH]nc1-c1cc(OCC)c(OC(C)=O)cc1Br. The first kappa shape index (κ1) is 17.9. The molecule has 0 amide bonds. The van der Waals surface area contributed by atoms with Crippen LogP contribution in [0.15, 0.2) is 16.6 Å². The van der Waals surface area contributed by atoms with Crippen LogP contribution < -0.4 is 9.47 Å². The summed E-state index contributed by atoms with van der Waals surface area (Å²) in [5.41, 5.74) is 0.905. The number of halogens is 1. The van der Waals surface area contributed by atoms with Gasteiger partial charge < -0.3 is 14.2 Å². The maximum atomic E-state index is 12.0. The Bertz CT molecular complexity index is 760. The molecule has 1 heterocycles. The fourth-order valence-electron chi connectivity index (χ4n) is 1.98. The van der Waals surface area contributed by atoms with Crippen LogP contribution in [-0.4, -0.2) is 40.6 Å². The highest BCUT2D eigenvalue weighted by molar-refractivity contribution is 9.10. The quantitative estimate of drug-likeness (QED) is 0.590. The van der Waals surface area contributed by atoms with Gasteiger partial charge in [0.15, 0.2) is 17.2 Å². The van der Waals surface area contributed by atoms with Crippen molar-refractivity contribution in [3.8, 4) is 22.8 Å². The van der Waals surface area contributed by atoms with Gasteiger partial charge in [0.2, 0.25) is 0 Å². The Kier molecular flexibility index (Phi) is 5.91. The van der Waals surface area contributed by atoms with Crippen molar-refractivity contribution in [2.75, 3.05) is 13.2 Å². The van der Waals surface area contributed by atoms with Gasteiger partial charge in [-0.2, -0.15) is 10.3 Å². The van der Waals surface area contributed by atoms with E-state index < -0.39 is 11.9 Å². The van der Waals surface area contributed by atoms with Crippen molar-refractivity contribution in [3.05, 3.63) is 22.3 Å². The van der Waals surface area contributed by atoms with Crippen molar-refractivity contribution in [3.63, 3.8) is 0 Å². The maximum absolute atomic E-state index is 12.0. The molecule has 1 N–H and O–H groups in total. The molecule has 8 nitrogen and oxygen atoms in total. The molecule has 0 fully saturated rings. The lowest BCUT2D eigenvalue weighted by atomic mass is 10.1. The van der Waals surface area contributed by atoms with Crippen molar-refractivity contribution < 1.29 is 23.8 Å². The van der Waals surface area contributed by atoms with Crippen molar-refractivity contribution >= 4 is 27.9 Å². The van der Waals surface area contributed by atoms with Crippen LogP contribution in [0.3, 0.4) is 0 Å². The van der Waals surface area contributed by atoms with E-state index in [4.69, 9.17) is 14.2 Å². The third-order valence-corrected chi connectivity index (χ3v) is 3.51. The van der Waals surface area contributed by atoms with Gasteiger partial charge in [0.25, 0.3) is 0 Å². The number of benzene rings is 1. The molecule has 0 saturated carbocycles. The van der Waals surface area contributed by atoms with Crippen LogP contribution in [0.5, 0.6) is 11.5 Å². The van der Waals surface area contributed by atoms with Crippen molar-refractivity contribution in [2.24, 2.45) is 0 Å². The molecule has 0 radical (unpaired) electrons. The number of nitrogens with one attached hydrogen (secondary N) is 1. The number of ether oxygens (including phenoxy) is 3. The van der Waals surface area contributed by atoms with Crippen LogP contribution in [0.1, 0.15) is 31.3 Å². The molecule has 1 aromatic carbocycles. The number of H-pyrrole nitrogens is 1. The Morgan fingerprint density at radius 2 is 1.92 bits per heavy atom. The minimum absolute atomic E-state index is 0.0558. The Morgan fingerprint density at radius 3 is 2.54 bits per heavy atom. The van der Waals surface area contributed by atoms with E-state index in [0.717, 1.165) is 0 Å². The second kappa shape index (κ2) is 7.91. The number of aromatic nitrogens is 3. The first-order valence-electron chi connectivity index (χ1n) is 7.20. The van der Waals surface area contributed by atoms with E-state index in [1.807, 2.05) is 0 Å². The number of carbonyl (C=O) groups is 2. The smallest absolute Gasteiger partial charge is 0.361 e. The van der Waals surface area contributed by atoms with Crippen LogP contribution in [0.2, 0.25) is 0 Å². The normalized spacial score (nSPS) is 10.3. The van der Waals surface area contributed by atoms with E-state index in [-0.39, 0.29) is 18.1 Å². The molecule has 0 aliphatic carbocycles. The average molecular weight is 398 g/mol. The summed E-state index contributed by atoms with van der Waals surface area (Å²) in [6.07, 6.45) is 0. The number of carbonyl (C=O) groups excluding carboxylic acids is 2. The lowest BCUT2D eigenvalue weighted by Crippen LogP contribution is -2.07. The maximum Gasteiger partial charge on any atom is 0.361 e. The molecule has 128 valence electrons. The summed E-state index contributed by atoms with van der Waals surface area (Å²) in [5.74, 6) is -0.440. The molecule has 24 heavy (non-hydrogen) atoms. The Hall–Kier alpha value is -2.42. The summed E-state index contributed by atoms with van der Waals surface area (Å²) < 4.78 is 16.2. The van der Waals surface area contributed by atoms with Gasteiger partial charge in [0, 0.05) is 17.0 Å². The first-order valence-corrected chi connectivity index (χ1v) is 8.00. The zero-order valence-electron chi connectivity index (χ0n) is 13.4. The van der Waals surface area contributed by atoms with Gasteiger partial charge in [-0.3, -0.25) is 4.79 Å². The predicted molar refractivity (Wildman–Crippen MR) is 88.0 cm³/mol. The highest BCUT2D eigenvalue weighted by Gasteiger charge is 2.23. The third kappa shape index (κ3) is 3.91. The van der Waals surface area contributed by atoms with Crippen LogP contribution in [0.25, 0.3) is 11.3 Å². The summed E-state index contributed by atoms with van der Waals surface area (Å²) in [4.78, 5) is 23.2. The summed E-state index contributed by atoms with van der Waals surface area (Å²) in [6, 6.07) is 3.19. The van der Waals surface area contributed by atoms with Gasteiger partial charge in [-0.25, -0.2) is 4.79 Å². The Labute approximate surface area is 146 Å². The molecular formula is C15H16BrN3O5. The van der Waals surface area contributed by atoms with Crippen LogP contribution in [0.4, 0.5) is 0 Å².